The summed E-state index contributed by atoms with van der Waals surface area (Å²) >= 11 is 0. The number of rotatable bonds is 4. The Kier molecular flexibility index (Phi) is 8.18. The second-order valence-corrected chi connectivity index (χ2v) is 8.90. The molecule has 4 rings (SSSR count). The monoisotopic (exact) mass is 436 g/mol. The molecule has 0 unspecified atom stereocenters. The van der Waals surface area contributed by atoms with E-state index in [2.05, 4.69) is 35.2 Å². The second-order valence-electron chi connectivity index (χ2n) is 8.90. The van der Waals surface area contributed by atoms with Crippen molar-refractivity contribution in [3.63, 3.8) is 0 Å². The van der Waals surface area contributed by atoms with Crippen LogP contribution >= 0.6 is 0 Å². The average molecular weight is 437 g/mol. The summed E-state index contributed by atoms with van der Waals surface area (Å²) in [6, 6.07) is 18.5. The summed E-state index contributed by atoms with van der Waals surface area (Å²) in [6.07, 6.45) is 6.36. The van der Waals surface area contributed by atoms with Gasteiger partial charge in [-0.15, -0.1) is 0 Å². The first kappa shape index (κ1) is 22.8. The molecule has 0 bridgehead atoms. The number of carbonyl (C=O) groups is 1. The molecule has 1 saturated heterocycles. The summed E-state index contributed by atoms with van der Waals surface area (Å²) in [5, 5.41) is 0. The van der Waals surface area contributed by atoms with Gasteiger partial charge < -0.3 is 14.4 Å². The third kappa shape index (κ3) is 5.70. The molecule has 0 spiro atoms. The van der Waals surface area contributed by atoms with Crippen molar-refractivity contribution in [3.8, 4) is 5.75 Å². The van der Waals surface area contributed by atoms with Crippen LogP contribution < -0.4 is 4.74 Å². The zero-order valence-corrected chi connectivity index (χ0v) is 19.2. The van der Waals surface area contributed by atoms with Gasteiger partial charge in [-0.3, -0.25) is 9.69 Å². The molecule has 2 aromatic rings. The lowest BCUT2D eigenvalue weighted by molar-refractivity contribution is -0.0155. The minimum Gasteiger partial charge on any atom is -0.491 e. The largest absolute Gasteiger partial charge is 0.491 e. The SMILES string of the molecule is CO[C@H]1CCCN2C(=O)c3ccccc3OCCN(CCc3ccccc3)CCCC[C@@H]12. The number of hydrogen-bond donors (Lipinski definition) is 0. The molecular weight excluding hydrogens is 400 g/mol. The first-order valence-electron chi connectivity index (χ1n) is 12.1. The third-order valence-corrected chi connectivity index (χ3v) is 6.85. The van der Waals surface area contributed by atoms with E-state index in [1.807, 2.05) is 29.2 Å². The Hall–Kier alpha value is -2.37. The van der Waals surface area contributed by atoms with Crippen molar-refractivity contribution in [1.82, 2.24) is 9.80 Å². The molecule has 2 aromatic carbocycles. The fourth-order valence-electron chi connectivity index (χ4n) is 5.06. The van der Waals surface area contributed by atoms with E-state index in [1.54, 1.807) is 7.11 Å². The van der Waals surface area contributed by atoms with E-state index in [0.717, 1.165) is 64.7 Å². The standard InChI is InChI=1S/C27H36N2O3/c1-31-26-15-9-18-29-24(26)13-7-8-17-28(19-16-22-10-3-2-4-11-22)20-21-32-25-14-6-5-12-23(25)27(29)30/h2-6,10-12,14,24,26H,7-9,13,15-21H2,1H3/t24-,26-/m0/s1. The first-order chi connectivity index (χ1) is 15.8. The highest BCUT2D eigenvalue weighted by atomic mass is 16.5. The smallest absolute Gasteiger partial charge is 0.257 e. The Labute approximate surface area is 192 Å². The van der Waals surface area contributed by atoms with Crippen molar-refractivity contribution in [2.45, 2.75) is 50.7 Å². The molecule has 2 aliphatic rings. The average Bonchev–Trinajstić information content (AvgIpc) is 2.85. The lowest BCUT2D eigenvalue weighted by atomic mass is 9.93. The normalized spacial score (nSPS) is 23.2. The van der Waals surface area contributed by atoms with Crippen LogP contribution in [0, 0.1) is 0 Å². The summed E-state index contributed by atoms with van der Waals surface area (Å²) in [4.78, 5) is 18.1. The van der Waals surface area contributed by atoms with Gasteiger partial charge >= 0.3 is 0 Å². The Bertz CT molecular complexity index is 857. The molecule has 2 heterocycles. The second kappa shape index (κ2) is 11.5. The van der Waals surface area contributed by atoms with Gasteiger partial charge in [0.15, 0.2) is 0 Å². The summed E-state index contributed by atoms with van der Waals surface area (Å²) in [6.45, 7) is 4.31. The number of para-hydroxylation sites is 1. The number of hydrogen-bond acceptors (Lipinski definition) is 4. The zero-order valence-electron chi connectivity index (χ0n) is 19.2. The minimum absolute atomic E-state index is 0.0764. The zero-order chi connectivity index (χ0) is 22.2. The lowest BCUT2D eigenvalue weighted by Gasteiger charge is -2.41. The molecule has 1 fully saturated rings. The number of amides is 1. The van der Waals surface area contributed by atoms with Crippen LogP contribution in [0.25, 0.3) is 0 Å². The third-order valence-electron chi connectivity index (χ3n) is 6.85. The van der Waals surface area contributed by atoms with Crippen molar-refractivity contribution in [3.05, 3.63) is 65.7 Å². The van der Waals surface area contributed by atoms with Gasteiger partial charge in [-0.2, -0.15) is 0 Å². The summed E-state index contributed by atoms with van der Waals surface area (Å²) < 4.78 is 12.0. The number of benzene rings is 2. The van der Waals surface area contributed by atoms with E-state index >= 15 is 0 Å². The molecule has 0 N–H and O–H groups in total. The highest BCUT2D eigenvalue weighted by Gasteiger charge is 2.35. The van der Waals surface area contributed by atoms with Crippen molar-refractivity contribution < 1.29 is 14.3 Å². The summed E-state index contributed by atoms with van der Waals surface area (Å²) in [5.74, 6) is 0.769. The van der Waals surface area contributed by atoms with Crippen molar-refractivity contribution in [1.29, 1.82) is 0 Å². The summed E-state index contributed by atoms with van der Waals surface area (Å²) in [7, 11) is 1.78. The Morgan fingerprint density at radius 1 is 0.938 bits per heavy atom. The molecule has 0 aromatic heterocycles. The maximum absolute atomic E-state index is 13.5. The number of methoxy groups -OCH3 is 1. The number of carbonyl (C=O) groups excluding carboxylic acids is 1. The van der Waals surface area contributed by atoms with Gasteiger partial charge in [0.2, 0.25) is 0 Å². The predicted molar refractivity (Wildman–Crippen MR) is 127 cm³/mol. The molecule has 0 saturated carbocycles. The molecule has 5 nitrogen and oxygen atoms in total. The van der Waals surface area contributed by atoms with Crippen molar-refractivity contribution in [2.75, 3.05) is 39.9 Å². The van der Waals surface area contributed by atoms with Crippen LogP contribution in [0.3, 0.4) is 0 Å². The van der Waals surface area contributed by atoms with Crippen molar-refractivity contribution >= 4 is 5.91 Å². The quantitative estimate of drug-likeness (QED) is 0.712. The maximum Gasteiger partial charge on any atom is 0.257 e. The maximum atomic E-state index is 13.5. The summed E-state index contributed by atoms with van der Waals surface area (Å²) in [5.41, 5.74) is 2.04. The molecule has 172 valence electrons. The van der Waals surface area contributed by atoms with E-state index in [9.17, 15) is 4.79 Å². The van der Waals surface area contributed by atoms with Crippen LogP contribution in [-0.4, -0.2) is 67.7 Å². The van der Waals surface area contributed by atoms with E-state index in [-0.39, 0.29) is 18.1 Å². The molecule has 5 heteroatoms. The molecule has 2 aliphatic heterocycles. The van der Waals surface area contributed by atoms with Gasteiger partial charge in [0, 0.05) is 26.7 Å². The molecular formula is C27H36N2O3. The van der Waals surface area contributed by atoms with Gasteiger partial charge in [-0.1, -0.05) is 48.9 Å². The van der Waals surface area contributed by atoms with Gasteiger partial charge in [0.1, 0.15) is 12.4 Å². The van der Waals surface area contributed by atoms with E-state index in [4.69, 9.17) is 9.47 Å². The van der Waals surface area contributed by atoms with Gasteiger partial charge in [0.05, 0.1) is 17.7 Å². The van der Waals surface area contributed by atoms with E-state index in [0.29, 0.717) is 17.9 Å². The van der Waals surface area contributed by atoms with Gasteiger partial charge in [-0.05, 0) is 56.3 Å². The Morgan fingerprint density at radius 2 is 1.75 bits per heavy atom. The van der Waals surface area contributed by atoms with Crippen LogP contribution in [0.15, 0.2) is 54.6 Å². The number of ether oxygens (including phenoxy) is 2. The predicted octanol–water partition coefficient (Wildman–Crippen LogP) is 4.41. The first-order valence-corrected chi connectivity index (χ1v) is 12.1. The van der Waals surface area contributed by atoms with Crippen LogP contribution in [0.2, 0.25) is 0 Å². The topological polar surface area (TPSA) is 42.0 Å². The highest BCUT2D eigenvalue weighted by Crippen LogP contribution is 2.29. The minimum atomic E-state index is 0.0764. The Balaban J connectivity index is 1.51. The van der Waals surface area contributed by atoms with Crippen LogP contribution in [-0.2, 0) is 11.2 Å². The fraction of sp³-hybridized carbons (Fsp3) is 0.519. The molecule has 0 radical (unpaired) electrons. The molecule has 1 amide bonds. The molecule has 32 heavy (non-hydrogen) atoms. The fourth-order valence-corrected chi connectivity index (χ4v) is 5.06. The van der Waals surface area contributed by atoms with Gasteiger partial charge in [-0.25, -0.2) is 0 Å². The van der Waals surface area contributed by atoms with E-state index in [1.165, 1.54) is 5.56 Å². The molecule has 0 aliphatic carbocycles. The van der Waals surface area contributed by atoms with Crippen LogP contribution in [0.5, 0.6) is 5.75 Å². The highest BCUT2D eigenvalue weighted by molar-refractivity contribution is 5.97. The Morgan fingerprint density at radius 3 is 2.59 bits per heavy atom. The lowest BCUT2D eigenvalue weighted by Crippen LogP contribution is -2.51. The van der Waals surface area contributed by atoms with E-state index < -0.39 is 0 Å². The van der Waals surface area contributed by atoms with Crippen LogP contribution in [0.1, 0.15) is 48.0 Å². The molecule has 2 atom stereocenters. The number of fused-ring (bicyclic) bond motifs is 2. The van der Waals surface area contributed by atoms with Gasteiger partial charge in [0.25, 0.3) is 5.91 Å². The van der Waals surface area contributed by atoms with Crippen molar-refractivity contribution in [2.24, 2.45) is 0 Å². The number of nitrogens with zero attached hydrogens (tertiary/aromatic N) is 2. The van der Waals surface area contributed by atoms with Crippen LogP contribution in [0.4, 0.5) is 0 Å². The number of piperidine rings is 1.